The van der Waals surface area contributed by atoms with E-state index in [0.29, 0.717) is 19.6 Å². The van der Waals surface area contributed by atoms with Gasteiger partial charge in [0, 0.05) is 25.4 Å². The Morgan fingerprint density at radius 3 is 1.61 bits per heavy atom. The van der Waals surface area contributed by atoms with Crippen LogP contribution in [0.5, 0.6) is 0 Å². The fourth-order valence-corrected chi connectivity index (χ4v) is 6.96. The number of unbranched alkanes of at least 4 members (excludes halogenated alkanes) is 20. The minimum atomic E-state index is -0.0210. The van der Waals surface area contributed by atoms with Crippen molar-refractivity contribution < 1.29 is 19.1 Å². The SMILES string of the molecule is CCCCCCCCCOC(=O)CCCCCCN(CCCCCCOC(=O)C(CCCCCC)CCCCCCCC)CCCn1ccnc1. The normalized spacial score (nSPS) is 12.1. The summed E-state index contributed by atoms with van der Waals surface area (Å²) < 4.78 is 13.5. The molecule has 7 nitrogen and oxygen atoms in total. The minimum Gasteiger partial charge on any atom is -0.466 e. The molecule has 0 amide bonds. The van der Waals surface area contributed by atoms with E-state index in [2.05, 4.69) is 35.2 Å². The van der Waals surface area contributed by atoms with Gasteiger partial charge in [-0.1, -0.05) is 149 Å². The van der Waals surface area contributed by atoms with E-state index in [1.54, 1.807) is 0 Å². The van der Waals surface area contributed by atoms with Crippen LogP contribution in [0.15, 0.2) is 18.7 Å². The molecule has 1 rings (SSSR count). The molecule has 0 bridgehead atoms. The van der Waals surface area contributed by atoms with Gasteiger partial charge in [-0.25, -0.2) is 4.98 Å². The van der Waals surface area contributed by atoms with Crippen molar-refractivity contribution in [2.75, 3.05) is 32.8 Å². The Morgan fingerprint density at radius 2 is 1.04 bits per heavy atom. The molecule has 1 aromatic heterocycles. The molecule has 1 atom stereocenters. The molecule has 0 spiro atoms. The first-order valence-electron chi connectivity index (χ1n) is 22.1. The number of carbonyl (C=O) groups excluding carboxylic acids is 2. The van der Waals surface area contributed by atoms with E-state index in [1.807, 2.05) is 18.7 Å². The van der Waals surface area contributed by atoms with Gasteiger partial charge < -0.3 is 18.9 Å². The Bertz CT molecular complexity index is 878. The highest BCUT2D eigenvalue weighted by molar-refractivity contribution is 5.72. The molecule has 0 saturated heterocycles. The summed E-state index contributed by atoms with van der Waals surface area (Å²) in [5.41, 5.74) is 0. The fourth-order valence-electron chi connectivity index (χ4n) is 6.96. The summed E-state index contributed by atoms with van der Waals surface area (Å²) in [6.07, 6.45) is 39.4. The molecule has 0 radical (unpaired) electrons. The van der Waals surface area contributed by atoms with E-state index >= 15 is 0 Å². The topological polar surface area (TPSA) is 73.7 Å². The number of carbonyl (C=O) groups is 2. The maximum atomic E-state index is 13.0. The van der Waals surface area contributed by atoms with Gasteiger partial charge in [-0.3, -0.25) is 9.59 Å². The second kappa shape index (κ2) is 36.5. The maximum Gasteiger partial charge on any atom is 0.308 e. The Labute approximate surface area is 315 Å². The van der Waals surface area contributed by atoms with E-state index in [4.69, 9.17) is 9.47 Å². The van der Waals surface area contributed by atoms with Crippen LogP contribution in [-0.2, 0) is 25.6 Å². The zero-order chi connectivity index (χ0) is 36.9. The lowest BCUT2D eigenvalue weighted by Crippen LogP contribution is -2.28. The molecule has 7 heteroatoms. The van der Waals surface area contributed by atoms with Crippen LogP contribution in [-0.4, -0.2) is 59.2 Å². The molecular weight excluding hydrogens is 635 g/mol. The van der Waals surface area contributed by atoms with Crippen LogP contribution < -0.4 is 0 Å². The Kier molecular flexibility index (Phi) is 33.7. The highest BCUT2D eigenvalue weighted by Crippen LogP contribution is 2.21. The monoisotopic (exact) mass is 718 g/mol. The number of ether oxygens (including phenoxy) is 2. The number of hydrogen-bond donors (Lipinski definition) is 0. The van der Waals surface area contributed by atoms with Crippen molar-refractivity contribution in [2.45, 2.75) is 214 Å². The second-order valence-electron chi connectivity index (χ2n) is 15.2. The number of esters is 2. The molecule has 0 aliphatic carbocycles. The van der Waals surface area contributed by atoms with E-state index in [0.717, 1.165) is 96.8 Å². The molecule has 1 unspecified atom stereocenters. The summed E-state index contributed by atoms with van der Waals surface area (Å²) in [4.78, 5) is 31.9. The van der Waals surface area contributed by atoms with Gasteiger partial charge in [0.15, 0.2) is 0 Å². The van der Waals surface area contributed by atoms with Crippen LogP contribution in [0.25, 0.3) is 0 Å². The van der Waals surface area contributed by atoms with Gasteiger partial charge in [0.05, 0.1) is 25.5 Å². The van der Waals surface area contributed by atoms with Crippen molar-refractivity contribution >= 4 is 11.9 Å². The Balaban J connectivity index is 2.25. The van der Waals surface area contributed by atoms with Crippen LogP contribution in [0.1, 0.15) is 207 Å². The van der Waals surface area contributed by atoms with Gasteiger partial charge in [-0.15, -0.1) is 0 Å². The third-order valence-corrected chi connectivity index (χ3v) is 10.3. The molecule has 0 saturated carbocycles. The smallest absolute Gasteiger partial charge is 0.308 e. The predicted octanol–water partition coefficient (Wildman–Crippen LogP) is 12.3. The highest BCUT2D eigenvalue weighted by Gasteiger charge is 2.19. The third-order valence-electron chi connectivity index (χ3n) is 10.3. The van der Waals surface area contributed by atoms with Crippen molar-refractivity contribution in [1.29, 1.82) is 0 Å². The number of hydrogen-bond acceptors (Lipinski definition) is 6. The lowest BCUT2D eigenvalue weighted by molar-refractivity contribution is -0.149. The quantitative estimate of drug-likeness (QED) is 0.0498. The first-order chi connectivity index (χ1) is 25.1. The van der Waals surface area contributed by atoms with Crippen LogP contribution in [0.2, 0.25) is 0 Å². The van der Waals surface area contributed by atoms with Crippen LogP contribution in [0, 0.1) is 5.92 Å². The standard InChI is InChI=1S/C44H83N3O4/c1-4-7-10-13-15-20-27-39-50-43(48)32-24-17-18-25-34-46(36-29-37-47-38-33-45-41-47)35-26-19-21-28-40-51-44(49)42(30-22-12-9-6-3)31-23-16-14-11-8-5-2/h33,38,41-42H,4-32,34-37,39-40H2,1-3H3. The van der Waals surface area contributed by atoms with Gasteiger partial charge in [0.2, 0.25) is 0 Å². The summed E-state index contributed by atoms with van der Waals surface area (Å²) in [5, 5.41) is 0. The summed E-state index contributed by atoms with van der Waals surface area (Å²) in [6.45, 7) is 12.2. The molecule has 0 fully saturated rings. The van der Waals surface area contributed by atoms with Gasteiger partial charge in [-0.2, -0.15) is 0 Å². The summed E-state index contributed by atoms with van der Waals surface area (Å²) in [6, 6.07) is 0. The lowest BCUT2D eigenvalue weighted by Gasteiger charge is -2.22. The Morgan fingerprint density at radius 1 is 0.569 bits per heavy atom. The molecule has 1 aromatic rings. The van der Waals surface area contributed by atoms with Crippen molar-refractivity contribution in [3.8, 4) is 0 Å². The summed E-state index contributed by atoms with van der Waals surface area (Å²) >= 11 is 0. The number of imidazole rings is 1. The summed E-state index contributed by atoms with van der Waals surface area (Å²) in [7, 11) is 0. The van der Waals surface area contributed by atoms with Crippen molar-refractivity contribution in [1.82, 2.24) is 14.5 Å². The first-order valence-corrected chi connectivity index (χ1v) is 22.1. The zero-order valence-corrected chi connectivity index (χ0v) is 34.0. The number of aryl methyl sites for hydroxylation is 1. The molecule has 0 aliphatic rings. The zero-order valence-electron chi connectivity index (χ0n) is 34.0. The van der Waals surface area contributed by atoms with Crippen LogP contribution in [0.4, 0.5) is 0 Å². The van der Waals surface area contributed by atoms with E-state index in [9.17, 15) is 9.59 Å². The second-order valence-corrected chi connectivity index (χ2v) is 15.2. The van der Waals surface area contributed by atoms with E-state index in [-0.39, 0.29) is 17.9 Å². The molecule has 51 heavy (non-hydrogen) atoms. The largest absolute Gasteiger partial charge is 0.466 e. The van der Waals surface area contributed by atoms with Gasteiger partial charge in [0.25, 0.3) is 0 Å². The fraction of sp³-hybridized carbons (Fsp3) is 0.886. The van der Waals surface area contributed by atoms with Gasteiger partial charge in [0.1, 0.15) is 0 Å². The van der Waals surface area contributed by atoms with Crippen LogP contribution >= 0.6 is 0 Å². The van der Waals surface area contributed by atoms with Crippen molar-refractivity contribution in [3.05, 3.63) is 18.7 Å². The number of rotatable bonds is 39. The highest BCUT2D eigenvalue weighted by atomic mass is 16.5. The van der Waals surface area contributed by atoms with Crippen LogP contribution in [0.3, 0.4) is 0 Å². The van der Waals surface area contributed by atoms with E-state index in [1.165, 1.54) is 109 Å². The number of nitrogens with zero attached hydrogens (tertiary/aromatic N) is 3. The summed E-state index contributed by atoms with van der Waals surface area (Å²) in [5.74, 6) is 0.134. The van der Waals surface area contributed by atoms with Crippen molar-refractivity contribution in [3.63, 3.8) is 0 Å². The van der Waals surface area contributed by atoms with Gasteiger partial charge in [-0.05, 0) is 71.0 Å². The molecular formula is C44H83N3O4. The molecule has 298 valence electrons. The third kappa shape index (κ3) is 30.3. The average molecular weight is 718 g/mol. The van der Waals surface area contributed by atoms with E-state index < -0.39 is 0 Å². The molecule has 0 N–H and O–H groups in total. The average Bonchev–Trinajstić information content (AvgIpc) is 3.66. The van der Waals surface area contributed by atoms with Crippen molar-refractivity contribution in [2.24, 2.45) is 5.92 Å². The van der Waals surface area contributed by atoms with Gasteiger partial charge >= 0.3 is 11.9 Å². The number of aromatic nitrogens is 2. The molecule has 0 aromatic carbocycles. The minimum absolute atomic E-state index is 0.0210. The molecule has 0 aliphatic heterocycles. The Hall–Kier alpha value is -1.89. The predicted molar refractivity (Wildman–Crippen MR) is 215 cm³/mol. The maximum absolute atomic E-state index is 13.0. The molecule has 1 heterocycles. The lowest BCUT2D eigenvalue weighted by atomic mass is 9.94. The first kappa shape index (κ1) is 47.1.